The molecule has 0 radical (unpaired) electrons. The number of alkyl halides is 3. The molecule has 2 aliphatic rings. The highest BCUT2D eigenvalue weighted by Gasteiger charge is 2.51. The van der Waals surface area contributed by atoms with Gasteiger partial charge in [0.2, 0.25) is 5.91 Å². The average Bonchev–Trinajstić information content (AvgIpc) is 3.80. The van der Waals surface area contributed by atoms with Gasteiger partial charge in [-0.25, -0.2) is 9.37 Å². The van der Waals surface area contributed by atoms with E-state index in [0.717, 1.165) is 42.2 Å². The molecular weight excluding hydrogens is 667 g/mol. The Kier molecular flexibility index (Phi) is 14.1. The van der Waals surface area contributed by atoms with Gasteiger partial charge in [0.1, 0.15) is 17.1 Å². The number of amides is 2. The van der Waals surface area contributed by atoms with E-state index in [-0.39, 0.29) is 17.5 Å². The van der Waals surface area contributed by atoms with E-state index in [0.29, 0.717) is 33.7 Å². The van der Waals surface area contributed by atoms with Gasteiger partial charge in [0.05, 0.1) is 33.8 Å². The first-order valence-electron chi connectivity index (χ1n) is 18.3. The van der Waals surface area contributed by atoms with Gasteiger partial charge >= 0.3 is 6.18 Å². The highest BCUT2D eigenvalue weighted by Crippen LogP contribution is 2.49. The van der Waals surface area contributed by atoms with Crippen LogP contribution in [-0.2, 0) is 11.0 Å². The summed E-state index contributed by atoms with van der Waals surface area (Å²) in [5.41, 5.74) is -0.579. The fraction of sp³-hybridized carbons (Fsp3) is 0.615. The number of thiazole rings is 1. The molecule has 5 rings (SSSR count). The lowest BCUT2D eigenvalue weighted by atomic mass is 9.81. The first-order chi connectivity index (χ1) is 23.9. The second-order valence-corrected chi connectivity index (χ2v) is 15.1. The van der Waals surface area contributed by atoms with Gasteiger partial charge in [0.15, 0.2) is 0 Å². The minimum atomic E-state index is -4.89. The molecule has 276 valence electrons. The van der Waals surface area contributed by atoms with E-state index in [1.54, 1.807) is 12.1 Å². The summed E-state index contributed by atoms with van der Waals surface area (Å²) in [4.78, 5) is 31.2. The number of nitrogens with zero attached hydrogens (tertiary/aromatic N) is 1. The summed E-state index contributed by atoms with van der Waals surface area (Å²) in [6.45, 7) is 11.2. The Labute approximate surface area is 298 Å². The van der Waals surface area contributed by atoms with E-state index in [2.05, 4.69) is 43.3 Å². The second kappa shape index (κ2) is 17.8. The van der Waals surface area contributed by atoms with Gasteiger partial charge in [-0.05, 0) is 80.2 Å². The number of hydrogen-bond acceptors (Lipinski definition) is 5. The molecule has 2 aliphatic carbocycles. The smallest absolute Gasteiger partial charge is 0.419 e. The zero-order valence-corrected chi connectivity index (χ0v) is 31.0. The number of anilines is 1. The normalized spacial score (nSPS) is 20.5. The maximum Gasteiger partial charge on any atom is 0.419 e. The lowest BCUT2D eigenvalue weighted by molar-refractivity contribution is -0.140. The molecule has 1 aromatic heterocycles. The van der Waals surface area contributed by atoms with Crippen LogP contribution in [0.4, 0.5) is 23.2 Å². The Morgan fingerprint density at radius 2 is 1.70 bits per heavy atom. The molecule has 2 amide bonds. The minimum absolute atomic E-state index is 0.00817. The molecule has 6 nitrogen and oxygen atoms in total. The summed E-state index contributed by atoms with van der Waals surface area (Å²) in [6.07, 6.45) is 8.80. The Hall–Kier alpha value is -3.21. The molecule has 1 heterocycles. The average molecular weight is 720 g/mol. The minimum Gasteiger partial charge on any atom is -0.496 e. The van der Waals surface area contributed by atoms with E-state index in [1.165, 1.54) is 69.8 Å². The molecule has 2 N–H and O–H groups in total. The summed E-state index contributed by atoms with van der Waals surface area (Å²) in [5, 5.41) is 6.33. The van der Waals surface area contributed by atoms with Crippen LogP contribution < -0.4 is 15.4 Å². The topological polar surface area (TPSA) is 80.3 Å². The van der Waals surface area contributed by atoms with Crippen LogP contribution in [0.3, 0.4) is 0 Å². The van der Waals surface area contributed by atoms with E-state index in [4.69, 9.17) is 4.74 Å². The molecule has 11 heteroatoms. The number of halogens is 4. The third-order valence-electron chi connectivity index (χ3n) is 10.7. The van der Waals surface area contributed by atoms with Crippen LogP contribution in [-0.4, -0.2) is 29.9 Å². The van der Waals surface area contributed by atoms with Crippen LogP contribution >= 0.6 is 11.3 Å². The molecular formula is C39H53F4N3O3S. The monoisotopic (exact) mass is 719 g/mol. The number of carbonyl (C=O) groups is 2. The number of hydrogen-bond donors (Lipinski definition) is 2. The maximum atomic E-state index is 13.7. The number of fused-ring (bicyclic) bond motifs is 3. The third-order valence-corrected chi connectivity index (χ3v) is 11.7. The van der Waals surface area contributed by atoms with Crippen molar-refractivity contribution in [1.82, 2.24) is 10.3 Å². The zero-order valence-electron chi connectivity index (χ0n) is 30.2. The summed E-state index contributed by atoms with van der Waals surface area (Å²) in [5.74, 6) is -0.462. The largest absolute Gasteiger partial charge is 0.496 e. The van der Waals surface area contributed by atoms with E-state index in [9.17, 15) is 27.2 Å². The molecule has 0 aliphatic heterocycles. The SMILES string of the molecule is CCCCCC(CCC)C(CC)CC.COc1ccc2nc(C)sc2c1C(=O)NC1C2CC[C@H](C2)C1C(=O)Nc1ccc(F)c(C(F)(F)F)c1. The number of methoxy groups -OCH3 is 1. The van der Waals surface area contributed by atoms with Crippen molar-refractivity contribution in [3.05, 3.63) is 52.3 Å². The van der Waals surface area contributed by atoms with Crippen molar-refractivity contribution in [3.8, 4) is 5.75 Å². The highest BCUT2D eigenvalue weighted by molar-refractivity contribution is 7.19. The predicted molar refractivity (Wildman–Crippen MR) is 193 cm³/mol. The van der Waals surface area contributed by atoms with Gasteiger partial charge in [-0.15, -0.1) is 11.3 Å². The van der Waals surface area contributed by atoms with Crippen LogP contribution in [0.15, 0.2) is 30.3 Å². The Bertz CT molecular complexity index is 1590. The molecule has 50 heavy (non-hydrogen) atoms. The van der Waals surface area contributed by atoms with Crippen molar-refractivity contribution >= 4 is 39.1 Å². The van der Waals surface area contributed by atoms with Crippen LogP contribution in [0, 0.1) is 42.3 Å². The van der Waals surface area contributed by atoms with Gasteiger partial charge in [-0.2, -0.15) is 13.2 Å². The molecule has 3 aromatic rings. The van der Waals surface area contributed by atoms with Crippen molar-refractivity contribution in [2.75, 3.05) is 12.4 Å². The number of benzene rings is 2. The molecule has 2 aromatic carbocycles. The predicted octanol–water partition coefficient (Wildman–Crippen LogP) is 11.0. The van der Waals surface area contributed by atoms with Crippen LogP contribution in [0.5, 0.6) is 5.75 Å². The van der Waals surface area contributed by atoms with Crippen LogP contribution in [0.2, 0.25) is 0 Å². The lowest BCUT2D eigenvalue weighted by Crippen LogP contribution is -2.48. The van der Waals surface area contributed by atoms with Crippen LogP contribution in [0.25, 0.3) is 10.2 Å². The Balaban J connectivity index is 0.000000341. The first kappa shape index (κ1) is 39.6. The van der Waals surface area contributed by atoms with Gasteiger partial charge < -0.3 is 15.4 Å². The maximum absolute atomic E-state index is 13.7. The summed E-state index contributed by atoms with van der Waals surface area (Å²) >= 11 is 1.37. The van der Waals surface area contributed by atoms with Gasteiger partial charge in [0.25, 0.3) is 5.91 Å². The molecule has 0 saturated heterocycles. The Morgan fingerprint density at radius 1 is 0.980 bits per heavy atom. The molecule has 4 unspecified atom stereocenters. The van der Waals surface area contributed by atoms with Gasteiger partial charge in [-0.1, -0.05) is 79.1 Å². The summed E-state index contributed by atoms with van der Waals surface area (Å²) in [6, 6.07) is 5.33. The first-order valence-corrected chi connectivity index (χ1v) is 19.1. The quantitative estimate of drug-likeness (QED) is 0.128. The fourth-order valence-electron chi connectivity index (χ4n) is 8.21. The fourth-order valence-corrected chi connectivity index (χ4v) is 9.17. The number of unbranched alkanes of at least 4 members (excludes halogenated alkanes) is 2. The van der Waals surface area contributed by atoms with Crippen molar-refractivity contribution in [3.63, 3.8) is 0 Å². The van der Waals surface area contributed by atoms with Crippen molar-refractivity contribution in [2.24, 2.45) is 29.6 Å². The zero-order chi connectivity index (χ0) is 36.6. The third kappa shape index (κ3) is 9.36. The molecule has 2 saturated carbocycles. The number of nitrogens with one attached hydrogen (secondary N) is 2. The number of carbonyl (C=O) groups excluding carboxylic acids is 2. The summed E-state index contributed by atoms with van der Waals surface area (Å²) in [7, 11) is 1.47. The van der Waals surface area contributed by atoms with Gasteiger partial charge in [-0.3, -0.25) is 9.59 Å². The number of aryl methyl sites for hydroxylation is 1. The van der Waals surface area contributed by atoms with E-state index in [1.807, 2.05) is 6.92 Å². The van der Waals surface area contributed by atoms with Crippen molar-refractivity contribution in [1.29, 1.82) is 0 Å². The molecule has 2 bridgehead atoms. The molecule has 5 atom stereocenters. The second-order valence-electron chi connectivity index (χ2n) is 13.9. The molecule has 2 fully saturated rings. The number of aromatic nitrogens is 1. The summed E-state index contributed by atoms with van der Waals surface area (Å²) < 4.78 is 59.1. The van der Waals surface area contributed by atoms with E-state index < -0.39 is 41.3 Å². The van der Waals surface area contributed by atoms with E-state index >= 15 is 0 Å². The van der Waals surface area contributed by atoms with Gasteiger partial charge in [0, 0.05) is 11.7 Å². The molecule has 0 spiro atoms. The Morgan fingerprint density at radius 3 is 2.34 bits per heavy atom. The van der Waals surface area contributed by atoms with Crippen molar-refractivity contribution < 1.29 is 31.9 Å². The highest BCUT2D eigenvalue weighted by atomic mass is 32.1. The van der Waals surface area contributed by atoms with Crippen molar-refractivity contribution in [2.45, 2.75) is 117 Å². The number of rotatable bonds is 14. The number of ether oxygens (including phenoxy) is 1. The van der Waals surface area contributed by atoms with Crippen LogP contribution in [0.1, 0.15) is 119 Å². The standard InChI is InChI=1S/C25H23F4N3O3S.C14H30/c1-11-30-17-7-8-18(35-2)20(22(17)36-11)24(34)32-21-13-4-3-12(9-13)19(21)23(33)31-14-5-6-16(26)15(10-14)25(27,28)29;1-5-9-10-12-14(11-6-2)13(7-3)8-4/h5-8,10,12-13,19,21H,3-4,9H2,1-2H3,(H,31,33)(H,32,34);13-14H,5-12H2,1-4H3/t12-,13?,19?,21?;/m1./s1. The lowest BCUT2D eigenvalue weighted by Gasteiger charge is -2.31.